The van der Waals surface area contributed by atoms with Crippen LogP contribution in [0.2, 0.25) is 0 Å². The van der Waals surface area contributed by atoms with Crippen molar-refractivity contribution in [2.24, 2.45) is 0 Å². The summed E-state index contributed by atoms with van der Waals surface area (Å²) in [6, 6.07) is 7.80. The lowest BCUT2D eigenvalue weighted by Gasteiger charge is -2.03. The Bertz CT molecular complexity index is 423. The Balaban J connectivity index is 3.02. The molecule has 0 aromatic heterocycles. The van der Waals surface area contributed by atoms with Crippen molar-refractivity contribution in [1.82, 2.24) is 0 Å². The largest absolute Gasteiger partial charge is 0.243 e. The van der Waals surface area contributed by atoms with E-state index in [9.17, 15) is 8.78 Å². The van der Waals surface area contributed by atoms with Crippen LogP contribution in [0.1, 0.15) is 18.1 Å². The van der Waals surface area contributed by atoms with Gasteiger partial charge in [-0.05, 0) is 31.1 Å². The average Bonchev–Trinajstić information content (AvgIpc) is 2.30. The summed E-state index contributed by atoms with van der Waals surface area (Å²) in [4.78, 5) is 0. The first kappa shape index (κ1) is 13.4. The summed E-state index contributed by atoms with van der Waals surface area (Å²) in [5.41, 5.74) is 2.87. The lowest BCUT2D eigenvalue weighted by Crippen LogP contribution is -1.86. The fraction of sp³-hybridized carbons (Fsp3) is 0.200. The Morgan fingerprint density at radius 2 is 1.88 bits per heavy atom. The predicted molar refractivity (Wildman–Crippen MR) is 69.1 cm³/mol. The second-order valence-electron chi connectivity index (χ2n) is 3.84. The van der Waals surface area contributed by atoms with Gasteiger partial charge >= 0.3 is 0 Å². The topological polar surface area (TPSA) is 0 Å². The zero-order valence-electron chi connectivity index (χ0n) is 10.0. The molecule has 0 aliphatic carbocycles. The molecular formula is C15H16F2. The van der Waals surface area contributed by atoms with E-state index in [1.165, 1.54) is 19.1 Å². The van der Waals surface area contributed by atoms with Crippen molar-refractivity contribution >= 4 is 5.57 Å². The van der Waals surface area contributed by atoms with Crippen molar-refractivity contribution in [2.75, 3.05) is 0 Å². The zero-order valence-corrected chi connectivity index (χ0v) is 10.0. The van der Waals surface area contributed by atoms with Gasteiger partial charge in [-0.1, -0.05) is 48.1 Å². The minimum absolute atomic E-state index is 0.459. The predicted octanol–water partition coefficient (Wildman–Crippen LogP) is 4.78. The Morgan fingerprint density at radius 3 is 2.41 bits per heavy atom. The van der Waals surface area contributed by atoms with E-state index in [0.29, 0.717) is 6.33 Å². The number of benzene rings is 1. The van der Waals surface area contributed by atoms with Gasteiger partial charge in [-0.15, -0.1) is 0 Å². The molecule has 1 unspecified atom stereocenters. The first-order valence-electron chi connectivity index (χ1n) is 5.50. The molecule has 0 amide bonds. The van der Waals surface area contributed by atoms with Crippen LogP contribution in [0.15, 0.2) is 54.9 Å². The summed E-state index contributed by atoms with van der Waals surface area (Å²) in [6.07, 6.45) is 5.46. The van der Waals surface area contributed by atoms with Crippen LogP contribution in [0.3, 0.4) is 0 Å². The molecule has 0 spiro atoms. The van der Waals surface area contributed by atoms with E-state index in [1.54, 1.807) is 12.2 Å². The van der Waals surface area contributed by atoms with E-state index in [2.05, 4.69) is 0 Å². The highest BCUT2D eigenvalue weighted by molar-refractivity contribution is 5.75. The SMILES string of the molecule is Cc1ccc(C(/C=C/C(C)F)=C/C=C\F)cc1. The maximum absolute atomic E-state index is 12.8. The number of hydrogen-bond acceptors (Lipinski definition) is 0. The number of hydrogen-bond donors (Lipinski definition) is 0. The molecule has 0 heterocycles. The molecule has 0 N–H and O–H groups in total. The van der Waals surface area contributed by atoms with Gasteiger partial charge in [0.2, 0.25) is 0 Å². The Kier molecular flexibility index (Phi) is 5.34. The molecule has 0 aliphatic rings. The standard InChI is InChI=1S/C15H16F2/c1-12-5-8-15(9-6-12)14(4-3-11-16)10-7-13(2)17/h3-11,13H,1-2H3/b10-7+,11-3-,14-4+. The summed E-state index contributed by atoms with van der Waals surface area (Å²) in [7, 11) is 0. The van der Waals surface area contributed by atoms with Gasteiger partial charge in [0.15, 0.2) is 0 Å². The lowest BCUT2D eigenvalue weighted by atomic mass is 10.0. The molecule has 0 saturated carbocycles. The van der Waals surface area contributed by atoms with Crippen molar-refractivity contribution in [3.05, 3.63) is 66.0 Å². The number of alkyl halides is 1. The number of aryl methyl sites for hydroxylation is 1. The van der Waals surface area contributed by atoms with Crippen molar-refractivity contribution < 1.29 is 8.78 Å². The van der Waals surface area contributed by atoms with Gasteiger partial charge in [0.1, 0.15) is 6.17 Å². The monoisotopic (exact) mass is 234 g/mol. The third kappa shape index (κ3) is 4.77. The molecule has 0 fully saturated rings. The zero-order chi connectivity index (χ0) is 12.7. The van der Waals surface area contributed by atoms with Crippen LogP contribution < -0.4 is 0 Å². The smallest absolute Gasteiger partial charge is 0.116 e. The summed E-state index contributed by atoms with van der Waals surface area (Å²) in [5.74, 6) is 0. The van der Waals surface area contributed by atoms with Crippen molar-refractivity contribution in [3.63, 3.8) is 0 Å². The van der Waals surface area contributed by atoms with Gasteiger partial charge in [-0.2, -0.15) is 0 Å². The molecule has 1 aromatic carbocycles. The molecule has 1 rings (SSSR count). The normalized spacial score (nSPS) is 14.7. The highest BCUT2D eigenvalue weighted by Gasteiger charge is 1.98. The fourth-order valence-electron chi connectivity index (χ4n) is 1.37. The molecule has 90 valence electrons. The molecule has 17 heavy (non-hydrogen) atoms. The summed E-state index contributed by atoms with van der Waals surface area (Å²) in [6.45, 7) is 3.45. The quantitative estimate of drug-likeness (QED) is 0.658. The summed E-state index contributed by atoms with van der Waals surface area (Å²) < 4.78 is 24.8. The number of allylic oxidation sites excluding steroid dienone is 5. The van der Waals surface area contributed by atoms with Crippen LogP contribution in [0.4, 0.5) is 8.78 Å². The fourth-order valence-corrected chi connectivity index (χ4v) is 1.37. The third-order valence-electron chi connectivity index (χ3n) is 2.27. The summed E-state index contributed by atoms with van der Waals surface area (Å²) in [5, 5.41) is 0. The molecule has 1 atom stereocenters. The van der Waals surface area contributed by atoms with E-state index < -0.39 is 6.17 Å². The van der Waals surface area contributed by atoms with Crippen molar-refractivity contribution in [1.29, 1.82) is 0 Å². The first-order chi connectivity index (χ1) is 8.13. The molecular weight excluding hydrogens is 218 g/mol. The lowest BCUT2D eigenvalue weighted by molar-refractivity contribution is 0.431. The minimum atomic E-state index is -1.02. The maximum Gasteiger partial charge on any atom is 0.116 e. The van der Waals surface area contributed by atoms with E-state index >= 15 is 0 Å². The summed E-state index contributed by atoms with van der Waals surface area (Å²) >= 11 is 0. The van der Waals surface area contributed by atoms with Gasteiger partial charge in [0.25, 0.3) is 0 Å². The van der Waals surface area contributed by atoms with Crippen molar-refractivity contribution in [2.45, 2.75) is 20.0 Å². The van der Waals surface area contributed by atoms with Gasteiger partial charge in [0.05, 0.1) is 6.33 Å². The van der Waals surface area contributed by atoms with E-state index in [4.69, 9.17) is 0 Å². The van der Waals surface area contributed by atoms with E-state index in [-0.39, 0.29) is 0 Å². The Morgan fingerprint density at radius 1 is 1.24 bits per heavy atom. The van der Waals surface area contributed by atoms with Crippen LogP contribution >= 0.6 is 0 Å². The van der Waals surface area contributed by atoms with Crippen LogP contribution in [0.25, 0.3) is 5.57 Å². The van der Waals surface area contributed by atoms with Crippen LogP contribution in [-0.4, -0.2) is 6.17 Å². The average molecular weight is 234 g/mol. The molecule has 0 aliphatic heterocycles. The third-order valence-corrected chi connectivity index (χ3v) is 2.27. The van der Waals surface area contributed by atoms with Gasteiger partial charge in [-0.3, -0.25) is 0 Å². The molecule has 2 heteroatoms. The van der Waals surface area contributed by atoms with Crippen LogP contribution in [0.5, 0.6) is 0 Å². The second-order valence-corrected chi connectivity index (χ2v) is 3.84. The molecule has 0 saturated heterocycles. The molecule has 0 nitrogen and oxygen atoms in total. The maximum atomic E-state index is 12.8. The van der Waals surface area contributed by atoms with Crippen LogP contribution in [-0.2, 0) is 0 Å². The molecule has 1 aromatic rings. The van der Waals surface area contributed by atoms with E-state index in [1.807, 2.05) is 31.2 Å². The van der Waals surface area contributed by atoms with Crippen LogP contribution in [0, 0.1) is 6.92 Å². The molecule has 0 bridgehead atoms. The second kappa shape index (κ2) is 6.79. The van der Waals surface area contributed by atoms with Gasteiger partial charge in [-0.25, -0.2) is 8.78 Å². The Hall–Kier alpha value is -1.70. The minimum Gasteiger partial charge on any atom is -0.243 e. The van der Waals surface area contributed by atoms with E-state index in [0.717, 1.165) is 16.7 Å². The molecule has 0 radical (unpaired) electrons. The Labute approximate surface area is 101 Å². The van der Waals surface area contributed by atoms with Gasteiger partial charge < -0.3 is 0 Å². The highest BCUT2D eigenvalue weighted by Crippen LogP contribution is 2.17. The first-order valence-corrected chi connectivity index (χ1v) is 5.50. The number of halogens is 2. The number of rotatable bonds is 4. The highest BCUT2D eigenvalue weighted by atomic mass is 19.1. The van der Waals surface area contributed by atoms with Crippen molar-refractivity contribution in [3.8, 4) is 0 Å². The van der Waals surface area contributed by atoms with Gasteiger partial charge in [0, 0.05) is 0 Å².